The number of amides is 3. The second-order valence-corrected chi connectivity index (χ2v) is 9.43. The summed E-state index contributed by atoms with van der Waals surface area (Å²) < 4.78 is 5.16. The van der Waals surface area contributed by atoms with E-state index in [1.165, 1.54) is 6.92 Å². The lowest BCUT2D eigenvalue weighted by molar-refractivity contribution is -0.779. The van der Waals surface area contributed by atoms with Crippen LogP contribution in [0.1, 0.15) is 36.5 Å². The molecule has 4 atom stereocenters. The fourth-order valence-corrected chi connectivity index (χ4v) is 5.91. The molecule has 180 valence electrons. The molecule has 1 aromatic rings. The minimum absolute atomic E-state index is 0.0957. The fourth-order valence-electron chi connectivity index (χ4n) is 4.39. The first-order valence-electron chi connectivity index (χ1n) is 10.5. The van der Waals surface area contributed by atoms with Crippen molar-refractivity contribution in [2.45, 2.75) is 49.2 Å². The highest BCUT2D eigenvalue weighted by molar-refractivity contribution is 8.00. The number of Topliss-reactive ketones (excluding diaryl/α,β-unsaturated/α-hetero) is 1. The topological polar surface area (TPSA) is 153 Å². The number of piperidine rings is 1. The molecule has 0 spiro atoms. The summed E-state index contributed by atoms with van der Waals surface area (Å²) >= 11 is 1.07. The smallest absolute Gasteiger partial charge is 0.332 e. The number of hydrogen-bond donors (Lipinski definition) is 0. The summed E-state index contributed by atoms with van der Waals surface area (Å²) in [6.07, 6.45) is 0.653. The Hall–Kier alpha value is -3.48. The van der Waals surface area contributed by atoms with Crippen molar-refractivity contribution in [3.8, 4) is 0 Å². The second kappa shape index (κ2) is 9.05. The first-order valence-corrected chi connectivity index (χ1v) is 11.6. The van der Waals surface area contributed by atoms with Crippen LogP contribution in [-0.4, -0.2) is 79.8 Å². The van der Waals surface area contributed by atoms with Gasteiger partial charge in [0.1, 0.15) is 11.4 Å². The molecule has 0 aliphatic carbocycles. The van der Waals surface area contributed by atoms with Gasteiger partial charge in [-0.15, -0.1) is 21.9 Å². The summed E-state index contributed by atoms with van der Waals surface area (Å²) in [7, 11) is 0. The first kappa shape index (κ1) is 23.7. The monoisotopic (exact) mass is 491 g/mol. The maximum absolute atomic E-state index is 13.1. The summed E-state index contributed by atoms with van der Waals surface area (Å²) in [6.45, 7) is 0.655. The Kier molecular flexibility index (Phi) is 6.30. The van der Waals surface area contributed by atoms with Crippen LogP contribution in [0.15, 0.2) is 30.3 Å². The highest BCUT2D eigenvalue weighted by atomic mass is 32.2. The molecule has 34 heavy (non-hydrogen) atoms. The molecule has 3 heterocycles. The van der Waals surface area contributed by atoms with Gasteiger partial charge in [-0.25, -0.2) is 4.79 Å². The number of ether oxygens (including phenoxy) is 1. The van der Waals surface area contributed by atoms with Crippen LogP contribution in [0.2, 0.25) is 0 Å². The van der Waals surface area contributed by atoms with E-state index in [0.717, 1.165) is 21.6 Å². The lowest BCUT2D eigenvalue weighted by Gasteiger charge is -2.58. The molecule has 1 aromatic carbocycles. The van der Waals surface area contributed by atoms with Gasteiger partial charge < -0.3 is 14.5 Å². The highest BCUT2D eigenvalue weighted by Gasteiger charge is 2.65. The molecule has 12 nitrogen and oxygen atoms in total. The van der Waals surface area contributed by atoms with E-state index < -0.39 is 64.2 Å². The Bertz CT molecular complexity index is 1050. The Balaban J connectivity index is 1.56. The normalized spacial score (nSPS) is 28.6. The van der Waals surface area contributed by atoms with Crippen molar-refractivity contribution in [2.24, 2.45) is 0 Å². The molecule has 0 aromatic heterocycles. The predicted molar refractivity (Wildman–Crippen MR) is 115 cm³/mol. The number of fused-ring (bicyclic) bond motifs is 1. The molecule has 0 bridgehead atoms. The molecule has 0 saturated carbocycles. The number of benzene rings is 1. The molecular weight excluding hydrogens is 470 g/mol. The number of likely N-dealkylation sites (tertiary alicyclic amines) is 1. The third-order valence-corrected chi connectivity index (χ3v) is 7.56. The fraction of sp³-hybridized carbons (Fsp3) is 0.476. The van der Waals surface area contributed by atoms with E-state index in [0.29, 0.717) is 12.0 Å². The summed E-state index contributed by atoms with van der Waals surface area (Å²) in [5.74, 6) is -3.31. The third kappa shape index (κ3) is 4.11. The number of carbonyl (C=O) groups is 5. The summed E-state index contributed by atoms with van der Waals surface area (Å²) in [6, 6.07) is 5.42. The number of ketones is 1. The molecular formula is C21H21N3O9S. The van der Waals surface area contributed by atoms with Crippen molar-refractivity contribution < 1.29 is 38.6 Å². The average Bonchev–Trinajstić information content (AvgIpc) is 2.79. The van der Waals surface area contributed by atoms with E-state index in [9.17, 15) is 34.1 Å². The van der Waals surface area contributed by atoms with Crippen LogP contribution in [0.25, 0.3) is 0 Å². The number of carbonyl (C=O) groups excluding carboxylic acids is 5. The zero-order chi connectivity index (χ0) is 24.6. The SMILES string of the molecule is C[C@@]1(O[N+](=O)[O-])CS[C@H]2C(N3C(=O)CCCC3=O)C(=O)N2C1C(=O)OCC(=O)c1ccccc1. The zero-order valence-electron chi connectivity index (χ0n) is 18.1. The molecule has 4 rings (SSSR count). The largest absolute Gasteiger partial charge is 0.456 e. The summed E-state index contributed by atoms with van der Waals surface area (Å²) in [5, 5.41) is 9.30. The lowest BCUT2D eigenvalue weighted by atomic mass is 9.89. The van der Waals surface area contributed by atoms with Crippen molar-refractivity contribution in [1.82, 2.24) is 9.80 Å². The third-order valence-electron chi connectivity index (χ3n) is 5.99. The van der Waals surface area contributed by atoms with Gasteiger partial charge >= 0.3 is 5.97 Å². The Labute approximate surface area is 197 Å². The number of imide groups is 1. The number of nitrogens with zero attached hydrogens (tertiary/aromatic N) is 3. The van der Waals surface area contributed by atoms with E-state index in [2.05, 4.69) is 0 Å². The van der Waals surface area contributed by atoms with Gasteiger partial charge in [-0.05, 0) is 13.3 Å². The predicted octanol–water partition coefficient (Wildman–Crippen LogP) is 0.571. The van der Waals surface area contributed by atoms with Crippen LogP contribution in [0.5, 0.6) is 0 Å². The standard InChI is InChI=1S/C21H21N3O9S/c1-21(33-24(30)31)11-34-19-16(22-14(26)8-5-9-15(22)27)18(28)23(19)17(21)20(29)32-10-13(25)12-6-3-2-4-7-12/h2-4,6-7,16-17,19H,5,8-11H2,1H3/t16?,17?,19-,21+/m0/s1. The number of β-lactam (4-membered cyclic amide) rings is 1. The van der Waals surface area contributed by atoms with Crippen LogP contribution in [0.4, 0.5) is 0 Å². The zero-order valence-corrected chi connectivity index (χ0v) is 18.9. The van der Waals surface area contributed by atoms with Crippen molar-refractivity contribution in [1.29, 1.82) is 0 Å². The Morgan fingerprint density at radius 2 is 1.82 bits per heavy atom. The minimum Gasteiger partial charge on any atom is -0.456 e. The van der Waals surface area contributed by atoms with Gasteiger partial charge in [-0.3, -0.25) is 24.1 Å². The molecule has 3 aliphatic rings. The van der Waals surface area contributed by atoms with E-state index in [1.54, 1.807) is 30.3 Å². The summed E-state index contributed by atoms with van der Waals surface area (Å²) in [5.41, 5.74) is -1.47. The van der Waals surface area contributed by atoms with E-state index in [1.807, 2.05) is 0 Å². The van der Waals surface area contributed by atoms with E-state index in [4.69, 9.17) is 9.57 Å². The minimum atomic E-state index is -1.77. The molecule has 2 unspecified atom stereocenters. The lowest BCUT2D eigenvalue weighted by Crippen LogP contribution is -2.80. The molecule has 0 radical (unpaired) electrons. The average molecular weight is 491 g/mol. The molecule has 0 N–H and O–H groups in total. The van der Waals surface area contributed by atoms with Crippen molar-refractivity contribution >= 4 is 41.2 Å². The van der Waals surface area contributed by atoms with Crippen LogP contribution in [-0.2, 0) is 28.8 Å². The Morgan fingerprint density at radius 1 is 1.18 bits per heavy atom. The number of hydrogen-bond acceptors (Lipinski definition) is 10. The van der Waals surface area contributed by atoms with Gasteiger partial charge in [0, 0.05) is 24.2 Å². The van der Waals surface area contributed by atoms with Gasteiger partial charge in [0.15, 0.2) is 24.0 Å². The maximum atomic E-state index is 13.1. The number of thioether (sulfide) groups is 1. The van der Waals surface area contributed by atoms with Crippen molar-refractivity contribution in [3.05, 3.63) is 46.0 Å². The van der Waals surface area contributed by atoms with E-state index >= 15 is 0 Å². The van der Waals surface area contributed by atoms with E-state index in [-0.39, 0.29) is 18.6 Å². The van der Waals surface area contributed by atoms with Gasteiger partial charge in [0.2, 0.25) is 11.8 Å². The van der Waals surface area contributed by atoms with Gasteiger partial charge in [-0.2, -0.15) is 0 Å². The molecule has 13 heteroatoms. The van der Waals surface area contributed by atoms with Crippen molar-refractivity contribution in [2.75, 3.05) is 12.4 Å². The van der Waals surface area contributed by atoms with Crippen LogP contribution in [0.3, 0.4) is 0 Å². The van der Waals surface area contributed by atoms with Crippen molar-refractivity contribution in [3.63, 3.8) is 0 Å². The molecule has 3 aliphatic heterocycles. The van der Waals surface area contributed by atoms with Crippen LogP contribution >= 0.6 is 11.8 Å². The summed E-state index contributed by atoms with van der Waals surface area (Å²) in [4.78, 5) is 81.1. The van der Waals surface area contributed by atoms with Crippen LogP contribution in [0, 0.1) is 10.1 Å². The first-order chi connectivity index (χ1) is 16.1. The maximum Gasteiger partial charge on any atom is 0.332 e. The van der Waals surface area contributed by atoms with Gasteiger partial charge in [0.05, 0.1) is 0 Å². The number of rotatable bonds is 7. The highest BCUT2D eigenvalue weighted by Crippen LogP contribution is 2.46. The molecule has 3 fully saturated rings. The molecule has 3 amide bonds. The second-order valence-electron chi connectivity index (χ2n) is 8.33. The Morgan fingerprint density at radius 3 is 2.44 bits per heavy atom. The van der Waals surface area contributed by atoms with Gasteiger partial charge in [0.25, 0.3) is 11.0 Å². The van der Waals surface area contributed by atoms with Gasteiger partial charge in [-0.1, -0.05) is 30.3 Å². The van der Waals surface area contributed by atoms with Crippen LogP contribution < -0.4 is 0 Å². The number of esters is 1. The molecule has 3 saturated heterocycles. The quantitative estimate of drug-likeness (QED) is 0.132.